The maximum absolute atomic E-state index is 17.2. The Kier molecular flexibility index (Phi) is 6.94. The molecule has 4 atom stereocenters. The van der Waals surface area contributed by atoms with Gasteiger partial charge in [0.1, 0.15) is 40.9 Å². The molecular formula is C37H35F4N5O2. The van der Waals surface area contributed by atoms with Crippen LogP contribution in [0.1, 0.15) is 50.7 Å². The molecule has 11 heteroatoms. The van der Waals surface area contributed by atoms with Crippen LogP contribution in [-0.2, 0) is 0 Å². The largest absolute Gasteiger partial charge is 0.472 e. The molecule has 4 aliphatic rings. The van der Waals surface area contributed by atoms with E-state index in [1.807, 2.05) is 19.9 Å². The number of aryl methyl sites for hydroxylation is 1. The Bertz CT molecular complexity index is 2080. The summed E-state index contributed by atoms with van der Waals surface area (Å²) in [6.45, 7) is 10.9. The highest BCUT2D eigenvalue weighted by molar-refractivity contribution is 6.04. The van der Waals surface area contributed by atoms with Crippen LogP contribution in [0.5, 0.6) is 11.9 Å². The molecular weight excluding hydrogens is 622 g/mol. The van der Waals surface area contributed by atoms with Gasteiger partial charge in [-0.05, 0) is 62.1 Å². The minimum Gasteiger partial charge on any atom is -0.472 e. The van der Waals surface area contributed by atoms with Gasteiger partial charge in [0.05, 0.1) is 23.7 Å². The zero-order chi connectivity index (χ0) is 33.7. The number of halogens is 4. The van der Waals surface area contributed by atoms with Crippen molar-refractivity contribution in [1.29, 1.82) is 0 Å². The number of anilines is 1. The van der Waals surface area contributed by atoms with Crippen molar-refractivity contribution >= 4 is 27.5 Å². The van der Waals surface area contributed by atoms with Crippen LogP contribution in [0.15, 0.2) is 36.4 Å². The van der Waals surface area contributed by atoms with Gasteiger partial charge in [-0.15, -0.1) is 6.42 Å². The van der Waals surface area contributed by atoms with E-state index in [1.54, 1.807) is 17.0 Å². The van der Waals surface area contributed by atoms with Gasteiger partial charge < -0.3 is 14.4 Å². The zero-order valence-corrected chi connectivity index (χ0v) is 27.0. The van der Waals surface area contributed by atoms with Gasteiger partial charge >= 0.3 is 6.01 Å². The van der Waals surface area contributed by atoms with Crippen LogP contribution in [0, 0.1) is 36.8 Å². The lowest BCUT2D eigenvalue weighted by Crippen LogP contribution is -2.59. The second kappa shape index (κ2) is 10.8. The van der Waals surface area contributed by atoms with Crippen LogP contribution in [0.2, 0.25) is 0 Å². The molecule has 0 amide bonds. The van der Waals surface area contributed by atoms with E-state index in [0.29, 0.717) is 41.7 Å². The van der Waals surface area contributed by atoms with Gasteiger partial charge in [-0.25, -0.2) is 22.5 Å². The Morgan fingerprint density at radius 1 is 1.15 bits per heavy atom. The molecule has 0 spiro atoms. The smallest absolute Gasteiger partial charge is 0.319 e. The van der Waals surface area contributed by atoms with Gasteiger partial charge in [0.15, 0.2) is 5.82 Å². The highest BCUT2D eigenvalue weighted by Crippen LogP contribution is 2.49. The second-order valence-corrected chi connectivity index (χ2v) is 14.0. The molecule has 0 saturated carbocycles. The molecule has 0 bridgehead atoms. The number of fused-ring (bicyclic) bond motifs is 4. The number of hydrogen-bond donors (Lipinski definition) is 0. The number of hydrogen-bond acceptors (Lipinski definition) is 7. The average Bonchev–Trinajstić information content (AvgIpc) is 3.13. The van der Waals surface area contributed by atoms with Gasteiger partial charge in [-0.2, -0.15) is 9.97 Å². The minimum absolute atomic E-state index is 0.00313. The summed E-state index contributed by atoms with van der Waals surface area (Å²) in [6, 6.07) is 6.19. The van der Waals surface area contributed by atoms with E-state index in [0.717, 1.165) is 24.0 Å². The van der Waals surface area contributed by atoms with Crippen molar-refractivity contribution in [2.75, 3.05) is 31.1 Å². The molecule has 4 aliphatic heterocycles. The first-order chi connectivity index (χ1) is 22.9. The molecule has 2 aromatic heterocycles. The summed E-state index contributed by atoms with van der Waals surface area (Å²) in [7, 11) is 0. The molecule has 4 aromatic rings. The van der Waals surface area contributed by atoms with Crippen LogP contribution in [0.25, 0.3) is 32.9 Å². The van der Waals surface area contributed by atoms with E-state index in [1.165, 1.54) is 6.07 Å². The fourth-order valence-corrected chi connectivity index (χ4v) is 8.10. The maximum atomic E-state index is 17.2. The Morgan fingerprint density at radius 2 is 1.96 bits per heavy atom. The van der Waals surface area contributed by atoms with Crippen LogP contribution in [0.3, 0.4) is 0 Å². The van der Waals surface area contributed by atoms with Gasteiger partial charge in [0.25, 0.3) is 5.92 Å². The third-order valence-electron chi connectivity index (χ3n) is 10.8. The first-order valence-electron chi connectivity index (χ1n) is 16.4. The van der Waals surface area contributed by atoms with Crippen molar-refractivity contribution in [1.82, 2.24) is 19.9 Å². The van der Waals surface area contributed by atoms with Crippen molar-refractivity contribution in [3.63, 3.8) is 0 Å². The number of terminal acetylenes is 1. The van der Waals surface area contributed by atoms with E-state index < -0.39 is 23.1 Å². The quantitative estimate of drug-likeness (QED) is 0.131. The SMILES string of the molecule is C#Cc1c(F)ccc2cc(C)cc(-c3nc4c5c(nc(OC[C@]67CCN6CC(F)(F)C7)nc5c3F)N3CC(C)C(=C)CC[C@H]3[C@H](C)O4)c12. The molecule has 248 valence electrons. The Labute approximate surface area is 276 Å². The summed E-state index contributed by atoms with van der Waals surface area (Å²) < 4.78 is 73.8. The number of rotatable bonds is 4. The Morgan fingerprint density at radius 3 is 2.69 bits per heavy atom. The van der Waals surface area contributed by atoms with E-state index in [9.17, 15) is 8.78 Å². The Balaban J connectivity index is 1.35. The number of pyridine rings is 1. The highest BCUT2D eigenvalue weighted by Gasteiger charge is 2.60. The second-order valence-electron chi connectivity index (χ2n) is 14.0. The number of ether oxygens (including phenoxy) is 2. The standard InChI is InChI=1S/C37H35F4N5O2/c1-6-24-26(38)9-8-23-13-19(2)14-25(28(23)24)31-30(39)32-29-33(44-35(43-32)47-18-36-11-12-45(36)17-37(40,41)16-36)46-15-21(4)20(3)7-10-27(46)22(5)48-34(29)42-31/h1,8-9,13-14,21-22,27H,3,7,10-12,15-18H2,2,4-5H3/t21?,22-,27-,36+/m0/s1. The van der Waals surface area contributed by atoms with Gasteiger partial charge in [-0.1, -0.05) is 37.1 Å². The number of benzene rings is 2. The average molecular weight is 658 g/mol. The third kappa shape index (κ3) is 4.71. The molecule has 0 N–H and O–H groups in total. The van der Waals surface area contributed by atoms with Crippen molar-refractivity contribution < 1.29 is 27.0 Å². The molecule has 1 unspecified atom stereocenters. The summed E-state index contributed by atoms with van der Waals surface area (Å²) in [5.41, 5.74) is 1.17. The highest BCUT2D eigenvalue weighted by atomic mass is 19.3. The zero-order valence-electron chi connectivity index (χ0n) is 27.0. The molecule has 8 rings (SSSR count). The summed E-state index contributed by atoms with van der Waals surface area (Å²) in [5, 5.41) is 1.27. The van der Waals surface area contributed by atoms with E-state index in [4.69, 9.17) is 25.9 Å². The first kappa shape index (κ1) is 30.9. The fraction of sp³-hybridized carbons (Fsp3) is 0.432. The summed E-state index contributed by atoms with van der Waals surface area (Å²) >= 11 is 0. The molecule has 7 nitrogen and oxygen atoms in total. The normalized spacial score (nSPS) is 26.2. The van der Waals surface area contributed by atoms with Crippen molar-refractivity contribution in [3.8, 4) is 35.5 Å². The third-order valence-corrected chi connectivity index (χ3v) is 10.8. The lowest BCUT2D eigenvalue weighted by molar-refractivity contribution is -0.0132. The lowest BCUT2D eigenvalue weighted by atomic mass is 9.85. The molecule has 0 aliphatic carbocycles. The predicted octanol–water partition coefficient (Wildman–Crippen LogP) is 7.22. The van der Waals surface area contributed by atoms with Crippen LogP contribution in [-0.4, -0.2) is 69.7 Å². The van der Waals surface area contributed by atoms with E-state index >= 15 is 8.78 Å². The first-order valence-corrected chi connectivity index (χ1v) is 16.4. The molecule has 48 heavy (non-hydrogen) atoms. The molecule has 3 saturated heterocycles. The molecule has 0 radical (unpaired) electrons. The number of aromatic nitrogens is 3. The maximum Gasteiger partial charge on any atom is 0.319 e. The van der Waals surface area contributed by atoms with Gasteiger partial charge in [0.2, 0.25) is 5.88 Å². The monoisotopic (exact) mass is 657 g/mol. The summed E-state index contributed by atoms with van der Waals surface area (Å²) in [6.07, 6.45) is 7.13. The van der Waals surface area contributed by atoms with Crippen LogP contribution >= 0.6 is 0 Å². The topological polar surface area (TPSA) is 63.6 Å². The minimum atomic E-state index is -2.81. The van der Waals surface area contributed by atoms with E-state index in [-0.39, 0.29) is 71.7 Å². The number of nitrogens with zero attached hydrogens (tertiary/aromatic N) is 5. The fourth-order valence-electron chi connectivity index (χ4n) is 8.10. The van der Waals surface area contributed by atoms with Crippen molar-refractivity contribution in [2.45, 2.75) is 70.1 Å². The predicted molar refractivity (Wildman–Crippen MR) is 176 cm³/mol. The molecule has 6 heterocycles. The summed E-state index contributed by atoms with van der Waals surface area (Å²) in [5.74, 6) is -1.11. The van der Waals surface area contributed by atoms with E-state index in [2.05, 4.69) is 29.3 Å². The number of alkyl halides is 2. The van der Waals surface area contributed by atoms with Crippen LogP contribution in [0.4, 0.5) is 23.4 Å². The summed E-state index contributed by atoms with van der Waals surface area (Å²) in [4.78, 5) is 18.0. The van der Waals surface area contributed by atoms with Crippen molar-refractivity contribution in [3.05, 3.63) is 59.2 Å². The molecule has 2 aromatic carbocycles. The molecule has 3 fully saturated rings. The Hall–Kier alpha value is -4.43. The van der Waals surface area contributed by atoms with Crippen LogP contribution < -0.4 is 14.4 Å². The van der Waals surface area contributed by atoms with Crippen molar-refractivity contribution in [2.24, 2.45) is 5.92 Å². The van der Waals surface area contributed by atoms with Gasteiger partial charge in [-0.3, -0.25) is 4.90 Å². The lowest BCUT2D eigenvalue weighted by Gasteiger charge is -2.46. The van der Waals surface area contributed by atoms with Gasteiger partial charge in [0, 0.05) is 30.5 Å².